The Hall–Kier alpha value is -2.97. The van der Waals surface area contributed by atoms with Gasteiger partial charge in [0.05, 0.1) is 11.1 Å². The molecule has 11 heteroatoms. The van der Waals surface area contributed by atoms with Crippen LogP contribution in [-0.2, 0) is 10.7 Å². The summed E-state index contributed by atoms with van der Waals surface area (Å²) in [4.78, 5) is 8.30. The summed E-state index contributed by atoms with van der Waals surface area (Å²) in [5.41, 5.74) is -3.06. The Bertz CT molecular complexity index is 818. The molecule has 0 fully saturated rings. The fraction of sp³-hybridized carbons (Fsp3) is 0.167. The molecule has 1 rings (SSSR count). The van der Waals surface area contributed by atoms with Crippen molar-refractivity contribution in [1.82, 2.24) is 0 Å². The standard InChI is InChI=1S/C12H2F5N3O2S/c13-11(14,12(15,16)17)9-7(4-20)6(3-19)8(23-9)1-5(2-18)10(21)22/h1H,(H,21,22)/b5-1+. The summed E-state index contributed by atoms with van der Waals surface area (Å²) in [7, 11) is 0. The second-order valence-corrected chi connectivity index (χ2v) is 4.87. The van der Waals surface area contributed by atoms with Crippen LogP contribution in [-0.4, -0.2) is 17.3 Å². The van der Waals surface area contributed by atoms with Crippen LogP contribution in [0.3, 0.4) is 0 Å². The molecule has 0 aromatic carbocycles. The number of hydrogen-bond donors (Lipinski definition) is 1. The fourth-order valence-electron chi connectivity index (χ4n) is 1.39. The Labute approximate surface area is 128 Å². The number of alkyl halides is 5. The largest absolute Gasteiger partial charge is 0.477 e. The molecule has 0 atom stereocenters. The number of rotatable bonds is 3. The zero-order chi connectivity index (χ0) is 18.0. The first-order chi connectivity index (χ1) is 10.5. The van der Waals surface area contributed by atoms with Gasteiger partial charge in [0.15, 0.2) is 0 Å². The van der Waals surface area contributed by atoms with E-state index >= 15 is 0 Å². The summed E-state index contributed by atoms with van der Waals surface area (Å²) in [6.07, 6.45) is -5.55. The van der Waals surface area contributed by atoms with Gasteiger partial charge in [-0.15, -0.1) is 11.3 Å². The molecule has 1 aromatic heterocycles. The van der Waals surface area contributed by atoms with Crippen molar-refractivity contribution in [2.45, 2.75) is 12.1 Å². The van der Waals surface area contributed by atoms with E-state index in [9.17, 15) is 26.7 Å². The molecule has 0 aliphatic heterocycles. The Kier molecular flexibility index (Phi) is 4.74. The van der Waals surface area contributed by atoms with Crippen LogP contribution in [0, 0.1) is 34.0 Å². The molecular formula is C12H2F5N3O2S. The monoisotopic (exact) mass is 347 g/mol. The van der Waals surface area contributed by atoms with E-state index in [1.54, 1.807) is 0 Å². The van der Waals surface area contributed by atoms with E-state index in [0.717, 1.165) is 6.07 Å². The number of halogens is 5. The highest BCUT2D eigenvalue weighted by molar-refractivity contribution is 7.13. The van der Waals surface area contributed by atoms with Crippen LogP contribution in [0.1, 0.15) is 20.9 Å². The minimum absolute atomic E-state index is 0.276. The van der Waals surface area contributed by atoms with Gasteiger partial charge in [-0.3, -0.25) is 0 Å². The first-order valence-electron chi connectivity index (χ1n) is 5.28. The average Bonchev–Trinajstić information content (AvgIpc) is 2.80. The lowest BCUT2D eigenvalue weighted by molar-refractivity contribution is -0.287. The average molecular weight is 347 g/mol. The van der Waals surface area contributed by atoms with E-state index in [1.807, 2.05) is 0 Å². The van der Waals surface area contributed by atoms with Gasteiger partial charge in [0.1, 0.15) is 28.7 Å². The molecule has 0 aliphatic carbocycles. The van der Waals surface area contributed by atoms with Gasteiger partial charge in [0, 0.05) is 4.88 Å². The molecule has 1 heterocycles. The van der Waals surface area contributed by atoms with Crippen LogP contribution in [0.15, 0.2) is 5.57 Å². The van der Waals surface area contributed by atoms with Gasteiger partial charge < -0.3 is 5.11 Å². The second kappa shape index (κ2) is 6.03. The SMILES string of the molecule is N#C/C(=C\c1sc(C(F)(F)C(F)(F)F)c(C#N)c1C#N)C(=O)O. The normalized spacial score (nSPS) is 12.2. The number of aliphatic carboxylic acids is 1. The maximum Gasteiger partial charge on any atom is 0.458 e. The highest BCUT2D eigenvalue weighted by atomic mass is 32.1. The summed E-state index contributed by atoms with van der Waals surface area (Å²) in [6.45, 7) is 0. The Morgan fingerprint density at radius 3 is 1.96 bits per heavy atom. The van der Waals surface area contributed by atoms with Gasteiger partial charge in [-0.1, -0.05) is 0 Å². The molecule has 1 N–H and O–H groups in total. The van der Waals surface area contributed by atoms with E-state index in [0.29, 0.717) is 6.08 Å². The number of nitriles is 3. The molecule has 0 amide bonds. The van der Waals surface area contributed by atoms with E-state index in [2.05, 4.69) is 0 Å². The summed E-state index contributed by atoms with van der Waals surface area (Å²) in [5.74, 6) is -7.18. The van der Waals surface area contributed by atoms with Crippen LogP contribution in [0.2, 0.25) is 0 Å². The van der Waals surface area contributed by atoms with Gasteiger partial charge >= 0.3 is 18.1 Å². The molecule has 0 saturated heterocycles. The molecular weight excluding hydrogens is 345 g/mol. The van der Waals surface area contributed by atoms with Crippen LogP contribution in [0.25, 0.3) is 6.08 Å². The molecule has 0 radical (unpaired) electrons. The van der Waals surface area contributed by atoms with Crippen LogP contribution < -0.4 is 0 Å². The van der Waals surface area contributed by atoms with Crippen molar-refractivity contribution in [3.63, 3.8) is 0 Å². The molecule has 0 aliphatic rings. The van der Waals surface area contributed by atoms with Gasteiger partial charge in [0.25, 0.3) is 0 Å². The molecule has 0 spiro atoms. The predicted molar refractivity (Wildman–Crippen MR) is 64.9 cm³/mol. The number of carboxylic acid groups (broad SMARTS) is 1. The zero-order valence-corrected chi connectivity index (χ0v) is 11.4. The van der Waals surface area contributed by atoms with E-state index in [4.69, 9.17) is 20.9 Å². The van der Waals surface area contributed by atoms with Gasteiger partial charge in [-0.25, -0.2) is 4.79 Å². The second-order valence-electron chi connectivity index (χ2n) is 3.82. The first-order valence-corrected chi connectivity index (χ1v) is 6.10. The van der Waals surface area contributed by atoms with Crippen molar-refractivity contribution in [2.24, 2.45) is 0 Å². The molecule has 1 aromatic rings. The third-order valence-electron chi connectivity index (χ3n) is 2.43. The summed E-state index contributed by atoms with van der Waals surface area (Å²) >= 11 is -0.276. The van der Waals surface area contributed by atoms with Crippen molar-refractivity contribution < 1.29 is 31.9 Å². The molecule has 0 bridgehead atoms. The number of carboxylic acids is 1. The van der Waals surface area contributed by atoms with Crippen molar-refractivity contribution in [1.29, 1.82) is 15.8 Å². The van der Waals surface area contributed by atoms with E-state index in [-0.39, 0.29) is 11.3 Å². The summed E-state index contributed by atoms with van der Waals surface area (Å²) in [6, 6.07) is 3.53. The highest BCUT2D eigenvalue weighted by Gasteiger charge is 2.61. The van der Waals surface area contributed by atoms with Crippen LogP contribution in [0.5, 0.6) is 0 Å². The number of carbonyl (C=O) groups is 1. The van der Waals surface area contributed by atoms with Crippen LogP contribution in [0.4, 0.5) is 22.0 Å². The molecule has 23 heavy (non-hydrogen) atoms. The lowest BCUT2D eigenvalue weighted by atomic mass is 10.1. The van der Waals surface area contributed by atoms with E-state index < -0.39 is 44.5 Å². The lowest BCUT2D eigenvalue weighted by Gasteiger charge is -2.18. The van der Waals surface area contributed by atoms with Gasteiger partial charge in [0.2, 0.25) is 0 Å². The molecule has 118 valence electrons. The van der Waals surface area contributed by atoms with Gasteiger partial charge in [-0.05, 0) is 6.08 Å². The van der Waals surface area contributed by atoms with Crippen molar-refractivity contribution in [2.75, 3.05) is 0 Å². The lowest BCUT2D eigenvalue weighted by Crippen LogP contribution is -2.33. The Morgan fingerprint density at radius 1 is 1.09 bits per heavy atom. The Morgan fingerprint density at radius 2 is 1.61 bits per heavy atom. The number of thiophene rings is 1. The van der Waals surface area contributed by atoms with Crippen LogP contribution >= 0.6 is 11.3 Å². The highest BCUT2D eigenvalue weighted by Crippen LogP contribution is 2.49. The summed E-state index contributed by atoms with van der Waals surface area (Å²) < 4.78 is 64.2. The predicted octanol–water partition coefficient (Wildman–Crippen LogP) is 3.14. The van der Waals surface area contributed by atoms with Gasteiger partial charge in [-0.2, -0.15) is 37.7 Å². The van der Waals surface area contributed by atoms with E-state index in [1.165, 1.54) is 12.1 Å². The van der Waals surface area contributed by atoms with Crippen molar-refractivity contribution >= 4 is 23.4 Å². The third-order valence-corrected chi connectivity index (χ3v) is 3.63. The zero-order valence-electron chi connectivity index (χ0n) is 10.6. The molecule has 0 unspecified atom stereocenters. The van der Waals surface area contributed by atoms with Crippen molar-refractivity contribution in [3.8, 4) is 18.2 Å². The topological polar surface area (TPSA) is 109 Å². The maximum atomic E-state index is 13.4. The molecule has 0 saturated carbocycles. The van der Waals surface area contributed by atoms with Crippen molar-refractivity contribution in [3.05, 3.63) is 26.5 Å². The minimum Gasteiger partial charge on any atom is -0.477 e. The summed E-state index contributed by atoms with van der Waals surface area (Å²) in [5, 5.41) is 34.9. The first kappa shape index (κ1) is 18.1. The Balaban J connectivity index is 3.76. The maximum absolute atomic E-state index is 13.4. The third kappa shape index (κ3) is 3.12. The number of nitrogens with zero attached hydrogens (tertiary/aromatic N) is 3. The molecule has 5 nitrogen and oxygen atoms in total. The number of hydrogen-bond acceptors (Lipinski definition) is 5. The quantitative estimate of drug-likeness (QED) is 0.513. The smallest absolute Gasteiger partial charge is 0.458 e. The minimum atomic E-state index is -6.01. The fourth-order valence-corrected chi connectivity index (χ4v) is 2.53.